The van der Waals surface area contributed by atoms with Crippen molar-refractivity contribution in [1.82, 2.24) is 8.96 Å². The van der Waals surface area contributed by atoms with Gasteiger partial charge in [-0.15, -0.1) is 0 Å². The Balaban J connectivity index is 0.000000645. The molecule has 0 unspecified atom stereocenters. The third-order valence-corrected chi connectivity index (χ3v) is 7.26. The first kappa shape index (κ1) is 19.4. The molecule has 3 heterocycles. The first-order valence-electron chi connectivity index (χ1n) is 9.62. The van der Waals surface area contributed by atoms with Gasteiger partial charge < -0.3 is 9.84 Å². The fourth-order valence-electron chi connectivity index (χ4n) is 4.28. The van der Waals surface area contributed by atoms with Crippen molar-refractivity contribution in [2.24, 2.45) is 0 Å². The van der Waals surface area contributed by atoms with Crippen LogP contribution in [0.15, 0.2) is 47.6 Å². The third-order valence-electron chi connectivity index (χ3n) is 5.56. The molecule has 1 aliphatic heterocycles. The smallest absolute Gasteiger partial charge is 0.290 e. The van der Waals surface area contributed by atoms with Crippen LogP contribution < -0.4 is 4.74 Å². The minimum Gasteiger partial charge on any atom is -0.492 e. The number of aromatic nitrogens is 2. The summed E-state index contributed by atoms with van der Waals surface area (Å²) in [5.41, 5.74) is 3.45. The van der Waals surface area contributed by atoms with Crippen LogP contribution in [0.2, 0.25) is 0 Å². The Morgan fingerprint density at radius 3 is 2.69 bits per heavy atom. The molecule has 1 N–H and O–H groups in total. The number of fused-ring (bicyclic) bond motifs is 2. The van der Waals surface area contributed by atoms with Crippen LogP contribution in [0.3, 0.4) is 0 Å². The fourth-order valence-corrected chi connectivity index (χ4v) is 5.83. The van der Waals surface area contributed by atoms with Crippen LogP contribution in [0.25, 0.3) is 11.0 Å². The van der Waals surface area contributed by atoms with E-state index in [1.54, 1.807) is 30.6 Å². The van der Waals surface area contributed by atoms with Gasteiger partial charge in [0, 0.05) is 24.4 Å². The number of benzene rings is 1. The standard InChI is InChI=1S/C20H20N2O3S.CH2O2/c23-26(24,18-9-3-7-15-10-12-25-20(15)18)22-13-16(14-5-1-2-6-14)19-17(22)8-4-11-21-19;2-1-3/h3-4,7-9,11,13-14H,1-2,5-6,10,12H2;1H,(H,2,3). The highest BCUT2D eigenvalue weighted by molar-refractivity contribution is 7.90. The summed E-state index contributed by atoms with van der Waals surface area (Å²) in [6.07, 6.45) is 8.85. The van der Waals surface area contributed by atoms with Gasteiger partial charge in [0.15, 0.2) is 0 Å². The van der Waals surface area contributed by atoms with Crippen LogP contribution in [-0.4, -0.2) is 35.6 Å². The van der Waals surface area contributed by atoms with Crippen LogP contribution in [0.1, 0.15) is 42.7 Å². The van der Waals surface area contributed by atoms with Crippen LogP contribution in [0, 0.1) is 0 Å². The van der Waals surface area contributed by atoms with E-state index in [-0.39, 0.29) is 11.4 Å². The van der Waals surface area contributed by atoms with E-state index in [9.17, 15) is 8.42 Å². The van der Waals surface area contributed by atoms with Crippen molar-refractivity contribution in [3.63, 3.8) is 0 Å². The minimum absolute atomic E-state index is 0.242. The number of ether oxygens (including phenoxy) is 1. The average Bonchev–Trinajstić information content (AvgIpc) is 3.46. The lowest BCUT2D eigenvalue weighted by molar-refractivity contribution is -0.122. The highest BCUT2D eigenvalue weighted by Crippen LogP contribution is 2.40. The highest BCUT2D eigenvalue weighted by Gasteiger charge is 2.30. The van der Waals surface area contributed by atoms with Crippen LogP contribution in [0.5, 0.6) is 5.75 Å². The highest BCUT2D eigenvalue weighted by atomic mass is 32.2. The van der Waals surface area contributed by atoms with Crippen molar-refractivity contribution in [3.05, 3.63) is 53.9 Å². The lowest BCUT2D eigenvalue weighted by Crippen LogP contribution is -2.13. The summed E-state index contributed by atoms with van der Waals surface area (Å²) in [5, 5.41) is 6.89. The molecule has 2 aliphatic rings. The maximum absolute atomic E-state index is 13.5. The lowest BCUT2D eigenvalue weighted by atomic mass is 10.00. The van der Waals surface area contributed by atoms with E-state index in [2.05, 4.69) is 4.98 Å². The zero-order chi connectivity index (χ0) is 20.4. The summed E-state index contributed by atoms with van der Waals surface area (Å²) < 4.78 is 34.0. The van der Waals surface area contributed by atoms with Gasteiger partial charge in [-0.3, -0.25) is 9.78 Å². The van der Waals surface area contributed by atoms with E-state index < -0.39 is 10.0 Å². The van der Waals surface area contributed by atoms with E-state index in [0.717, 1.165) is 35.9 Å². The van der Waals surface area contributed by atoms with Gasteiger partial charge in [0.25, 0.3) is 16.5 Å². The van der Waals surface area contributed by atoms with Crippen molar-refractivity contribution in [3.8, 4) is 5.75 Å². The van der Waals surface area contributed by atoms with E-state index in [4.69, 9.17) is 14.6 Å². The summed E-state index contributed by atoms with van der Waals surface area (Å²) >= 11 is 0. The molecule has 0 spiro atoms. The average molecular weight is 414 g/mol. The maximum Gasteiger partial charge on any atom is 0.290 e. The Kier molecular flexibility index (Phi) is 5.27. The van der Waals surface area contributed by atoms with Gasteiger partial charge >= 0.3 is 0 Å². The molecule has 1 aliphatic carbocycles. The molecule has 0 saturated heterocycles. The molecule has 2 aromatic heterocycles. The molecule has 1 aromatic carbocycles. The Labute approximate surface area is 169 Å². The van der Waals surface area contributed by atoms with Gasteiger partial charge in [-0.1, -0.05) is 25.0 Å². The number of carbonyl (C=O) groups is 1. The van der Waals surface area contributed by atoms with E-state index in [0.29, 0.717) is 23.8 Å². The molecule has 5 rings (SSSR count). The second-order valence-corrected chi connectivity index (χ2v) is 8.97. The molecular formula is C21H22N2O5S. The molecule has 1 saturated carbocycles. The summed E-state index contributed by atoms with van der Waals surface area (Å²) in [4.78, 5) is 13.1. The second kappa shape index (κ2) is 7.87. The van der Waals surface area contributed by atoms with E-state index in [1.807, 2.05) is 12.1 Å². The van der Waals surface area contributed by atoms with Gasteiger partial charge in [-0.2, -0.15) is 0 Å². The van der Waals surface area contributed by atoms with Gasteiger partial charge in [0.2, 0.25) is 0 Å². The molecule has 0 bridgehead atoms. The third kappa shape index (κ3) is 3.37. The zero-order valence-corrected chi connectivity index (χ0v) is 16.6. The Bertz CT molecular complexity index is 1150. The van der Waals surface area contributed by atoms with Crippen molar-refractivity contribution < 1.29 is 23.1 Å². The second-order valence-electron chi connectivity index (χ2n) is 7.19. The van der Waals surface area contributed by atoms with Crippen molar-refractivity contribution in [2.75, 3.05) is 6.61 Å². The van der Waals surface area contributed by atoms with E-state index >= 15 is 0 Å². The summed E-state index contributed by atoms with van der Waals surface area (Å²) in [5.74, 6) is 0.891. The number of rotatable bonds is 3. The molecule has 152 valence electrons. The number of carboxylic acid groups (broad SMARTS) is 1. The molecule has 29 heavy (non-hydrogen) atoms. The van der Waals surface area contributed by atoms with Crippen LogP contribution in [0.4, 0.5) is 0 Å². The Morgan fingerprint density at radius 1 is 1.17 bits per heavy atom. The first-order valence-corrected chi connectivity index (χ1v) is 11.1. The van der Waals surface area contributed by atoms with Crippen LogP contribution in [-0.2, 0) is 21.2 Å². The summed E-state index contributed by atoms with van der Waals surface area (Å²) in [6.45, 7) is 0.281. The lowest BCUT2D eigenvalue weighted by Gasteiger charge is -2.11. The quantitative estimate of drug-likeness (QED) is 0.658. The first-order chi connectivity index (χ1) is 14.1. The summed E-state index contributed by atoms with van der Waals surface area (Å²) in [6, 6.07) is 8.99. The Morgan fingerprint density at radius 2 is 1.93 bits per heavy atom. The summed E-state index contributed by atoms with van der Waals surface area (Å²) in [7, 11) is -3.75. The SMILES string of the molecule is O=CO.O=S(=O)(c1cccc2c1OCC2)n1cc(C2CCCC2)c2ncccc21. The van der Waals surface area contributed by atoms with Crippen LogP contribution >= 0.6 is 0 Å². The van der Waals surface area contributed by atoms with E-state index in [1.165, 1.54) is 16.8 Å². The molecule has 0 amide bonds. The van der Waals surface area contributed by atoms with Crippen molar-refractivity contribution in [1.29, 1.82) is 0 Å². The monoisotopic (exact) mass is 414 g/mol. The molecule has 1 fully saturated rings. The fraction of sp³-hybridized carbons (Fsp3) is 0.333. The largest absolute Gasteiger partial charge is 0.492 e. The molecular weight excluding hydrogens is 392 g/mol. The molecule has 3 aromatic rings. The van der Waals surface area contributed by atoms with Crippen molar-refractivity contribution >= 4 is 27.5 Å². The number of nitrogens with zero attached hydrogens (tertiary/aromatic N) is 2. The molecule has 7 nitrogen and oxygen atoms in total. The predicted octanol–water partition coefficient (Wildman–Crippen LogP) is 3.57. The predicted molar refractivity (Wildman–Crippen MR) is 108 cm³/mol. The number of para-hydroxylation sites is 1. The van der Waals surface area contributed by atoms with Gasteiger partial charge in [0.1, 0.15) is 10.6 Å². The Hall–Kier alpha value is -2.87. The topological polar surface area (TPSA) is 98.5 Å². The van der Waals surface area contributed by atoms with Gasteiger partial charge in [-0.25, -0.2) is 12.4 Å². The normalized spacial score (nSPS) is 16.1. The van der Waals surface area contributed by atoms with Crippen molar-refractivity contribution in [2.45, 2.75) is 42.9 Å². The minimum atomic E-state index is -3.75. The number of pyridine rings is 1. The molecule has 0 radical (unpaired) electrons. The van der Waals surface area contributed by atoms with Gasteiger partial charge in [0.05, 0.1) is 17.6 Å². The molecule has 8 heteroatoms. The number of hydrogen-bond acceptors (Lipinski definition) is 5. The molecule has 0 atom stereocenters. The maximum atomic E-state index is 13.5. The number of hydrogen-bond donors (Lipinski definition) is 1. The van der Waals surface area contributed by atoms with Gasteiger partial charge in [-0.05, 0) is 42.5 Å². The zero-order valence-electron chi connectivity index (χ0n) is 15.8.